The van der Waals surface area contributed by atoms with Crippen molar-refractivity contribution in [1.82, 2.24) is 4.98 Å². The Hall–Kier alpha value is -4.03. The number of nitrogens with zero attached hydrogens (tertiary/aromatic N) is 1. The van der Waals surface area contributed by atoms with Crippen LogP contribution in [0.4, 0.5) is 5.69 Å². The van der Waals surface area contributed by atoms with Crippen LogP contribution in [-0.4, -0.2) is 16.9 Å². The van der Waals surface area contributed by atoms with Gasteiger partial charge in [-0.25, -0.2) is 4.79 Å². The second-order valence-electron chi connectivity index (χ2n) is 8.04. The molecule has 33 heavy (non-hydrogen) atoms. The van der Waals surface area contributed by atoms with Crippen molar-refractivity contribution >= 4 is 28.3 Å². The summed E-state index contributed by atoms with van der Waals surface area (Å²) >= 11 is 0. The first-order valence-corrected chi connectivity index (χ1v) is 10.6. The second-order valence-corrected chi connectivity index (χ2v) is 8.04. The Morgan fingerprint density at radius 3 is 2.52 bits per heavy atom. The number of nitrogens with two attached hydrogens (primary N) is 1. The first-order valence-electron chi connectivity index (χ1n) is 10.6. The minimum absolute atomic E-state index is 0.139. The first kappa shape index (κ1) is 22.2. The molecule has 0 radical (unpaired) electrons. The summed E-state index contributed by atoms with van der Waals surface area (Å²) in [6, 6.07) is 19.4. The molecule has 3 N–H and O–H groups in total. The van der Waals surface area contributed by atoms with Crippen LogP contribution in [0, 0.1) is 13.8 Å². The van der Waals surface area contributed by atoms with E-state index in [1.165, 1.54) is 0 Å². The molecule has 0 saturated heterocycles. The average molecular weight is 440 g/mol. The van der Waals surface area contributed by atoms with Gasteiger partial charge >= 0.3 is 5.97 Å². The Morgan fingerprint density at radius 2 is 1.76 bits per heavy atom. The molecule has 1 atom stereocenters. The Kier molecular flexibility index (Phi) is 6.47. The van der Waals surface area contributed by atoms with Crippen molar-refractivity contribution in [2.75, 3.05) is 5.32 Å². The number of hydrogen-bond donors (Lipinski definition) is 2. The fourth-order valence-electron chi connectivity index (χ4n) is 3.62. The zero-order chi connectivity index (χ0) is 23.4. The van der Waals surface area contributed by atoms with Crippen molar-refractivity contribution in [2.45, 2.75) is 26.5 Å². The summed E-state index contributed by atoms with van der Waals surface area (Å²) in [4.78, 5) is 29.1. The van der Waals surface area contributed by atoms with Gasteiger partial charge in [-0.3, -0.25) is 9.78 Å². The van der Waals surface area contributed by atoms with Crippen molar-refractivity contribution < 1.29 is 14.3 Å². The Labute approximate surface area is 192 Å². The Morgan fingerprint density at radius 1 is 0.970 bits per heavy atom. The molecule has 0 aliphatic heterocycles. The molecule has 4 aromatic rings. The van der Waals surface area contributed by atoms with E-state index in [1.54, 1.807) is 42.7 Å². The second kappa shape index (κ2) is 9.63. The quantitative estimate of drug-likeness (QED) is 0.419. The molecule has 0 aliphatic rings. The van der Waals surface area contributed by atoms with E-state index in [1.807, 2.05) is 50.2 Å². The van der Waals surface area contributed by atoms with Crippen LogP contribution < -0.4 is 11.1 Å². The molecule has 0 aliphatic carbocycles. The highest BCUT2D eigenvalue weighted by molar-refractivity contribution is 5.97. The largest absolute Gasteiger partial charge is 0.457 e. The number of nitrogens with one attached hydrogen (secondary N) is 1. The topological polar surface area (TPSA) is 94.3 Å². The zero-order valence-corrected chi connectivity index (χ0v) is 18.5. The third-order valence-corrected chi connectivity index (χ3v) is 5.50. The highest BCUT2D eigenvalue weighted by Crippen LogP contribution is 2.20. The predicted octanol–water partition coefficient (Wildman–Crippen LogP) is 4.85. The van der Waals surface area contributed by atoms with E-state index in [-0.39, 0.29) is 18.5 Å². The lowest BCUT2D eigenvalue weighted by molar-refractivity contribution is -0.117. The highest BCUT2D eigenvalue weighted by atomic mass is 16.5. The lowest BCUT2D eigenvalue weighted by Gasteiger charge is -2.14. The van der Waals surface area contributed by atoms with Crippen LogP contribution in [0.5, 0.6) is 0 Å². The molecule has 1 unspecified atom stereocenters. The van der Waals surface area contributed by atoms with Crippen LogP contribution in [0.25, 0.3) is 10.8 Å². The Bertz CT molecular complexity index is 1320. The van der Waals surface area contributed by atoms with Crippen LogP contribution >= 0.6 is 0 Å². The number of esters is 1. The summed E-state index contributed by atoms with van der Waals surface area (Å²) in [6.45, 7) is 4.01. The molecule has 3 aromatic carbocycles. The van der Waals surface area contributed by atoms with Gasteiger partial charge in [0.25, 0.3) is 0 Å². The molecule has 0 fully saturated rings. The van der Waals surface area contributed by atoms with Crippen LogP contribution in [0.3, 0.4) is 0 Å². The third-order valence-electron chi connectivity index (χ3n) is 5.50. The van der Waals surface area contributed by atoms with Crippen LogP contribution in [-0.2, 0) is 16.1 Å². The van der Waals surface area contributed by atoms with Gasteiger partial charge in [0, 0.05) is 23.5 Å². The smallest absolute Gasteiger partial charge is 0.338 e. The molecule has 0 spiro atoms. The summed E-state index contributed by atoms with van der Waals surface area (Å²) in [6.07, 6.45) is 3.48. The highest BCUT2D eigenvalue weighted by Gasteiger charge is 2.16. The zero-order valence-electron chi connectivity index (χ0n) is 18.5. The summed E-state index contributed by atoms with van der Waals surface area (Å²) in [7, 11) is 0. The minimum Gasteiger partial charge on any atom is -0.457 e. The maximum atomic E-state index is 12.6. The van der Waals surface area contributed by atoms with Gasteiger partial charge in [0.15, 0.2) is 0 Å². The van der Waals surface area contributed by atoms with Crippen molar-refractivity contribution in [3.8, 4) is 0 Å². The number of carbonyl (C=O) groups excluding carboxylic acids is 2. The van der Waals surface area contributed by atoms with E-state index in [4.69, 9.17) is 10.5 Å². The first-order chi connectivity index (χ1) is 15.9. The number of ether oxygens (including phenoxy) is 1. The number of benzene rings is 3. The molecular weight excluding hydrogens is 414 g/mol. The summed E-state index contributed by atoms with van der Waals surface area (Å²) in [5.41, 5.74) is 10.9. The molecule has 1 aromatic heterocycles. The van der Waals surface area contributed by atoms with E-state index >= 15 is 0 Å². The standard InChI is InChI=1S/C27H25N3O3/c1-17-3-10-24(18(2)13-17)27(32)33-16-19-4-6-20(7-5-19)25(28)26(31)30-23-9-8-22-15-29-12-11-21(22)14-23/h3-15,25H,16,28H2,1-2H3,(H,30,31). The number of fused-ring (bicyclic) bond motifs is 1. The molecule has 1 amide bonds. The number of aromatic nitrogens is 1. The van der Waals surface area contributed by atoms with Gasteiger partial charge in [0.1, 0.15) is 12.6 Å². The maximum Gasteiger partial charge on any atom is 0.338 e. The van der Waals surface area contributed by atoms with E-state index in [2.05, 4.69) is 10.3 Å². The van der Waals surface area contributed by atoms with Gasteiger partial charge in [0.2, 0.25) is 5.91 Å². The molecule has 0 saturated carbocycles. The number of pyridine rings is 1. The van der Waals surface area contributed by atoms with Crippen molar-refractivity contribution in [1.29, 1.82) is 0 Å². The van der Waals surface area contributed by atoms with E-state index in [0.29, 0.717) is 16.8 Å². The summed E-state index contributed by atoms with van der Waals surface area (Å²) in [5.74, 6) is -0.670. The van der Waals surface area contributed by atoms with Crippen LogP contribution in [0.2, 0.25) is 0 Å². The van der Waals surface area contributed by atoms with E-state index in [0.717, 1.165) is 27.5 Å². The molecule has 6 heteroatoms. The normalized spacial score (nSPS) is 11.7. The van der Waals surface area contributed by atoms with Gasteiger partial charge in [-0.1, -0.05) is 48.0 Å². The Balaban J connectivity index is 1.36. The molecule has 6 nitrogen and oxygen atoms in total. The van der Waals surface area contributed by atoms with Gasteiger partial charge in [-0.2, -0.15) is 0 Å². The van der Waals surface area contributed by atoms with Crippen molar-refractivity contribution in [2.24, 2.45) is 5.73 Å². The molecule has 0 bridgehead atoms. The van der Waals surface area contributed by atoms with Gasteiger partial charge in [-0.15, -0.1) is 0 Å². The van der Waals surface area contributed by atoms with Crippen LogP contribution in [0.15, 0.2) is 79.1 Å². The maximum absolute atomic E-state index is 12.6. The number of amides is 1. The molecule has 1 heterocycles. The number of carbonyl (C=O) groups is 2. The monoisotopic (exact) mass is 439 g/mol. The lowest BCUT2D eigenvalue weighted by Crippen LogP contribution is -2.27. The van der Waals surface area contributed by atoms with E-state index in [9.17, 15) is 9.59 Å². The summed E-state index contributed by atoms with van der Waals surface area (Å²) in [5, 5.41) is 4.84. The average Bonchev–Trinajstić information content (AvgIpc) is 2.82. The number of anilines is 1. The SMILES string of the molecule is Cc1ccc(C(=O)OCc2ccc(C(N)C(=O)Nc3ccc4cnccc4c3)cc2)c(C)c1. The molecule has 166 valence electrons. The van der Waals surface area contributed by atoms with E-state index < -0.39 is 6.04 Å². The number of aryl methyl sites for hydroxylation is 2. The molecular formula is C27H25N3O3. The third kappa shape index (κ3) is 5.25. The fraction of sp³-hybridized carbons (Fsp3) is 0.148. The molecule has 4 rings (SSSR count). The number of hydrogen-bond acceptors (Lipinski definition) is 5. The van der Waals surface area contributed by atoms with Crippen molar-refractivity contribution in [3.05, 3.63) is 107 Å². The van der Waals surface area contributed by atoms with Gasteiger partial charge in [0.05, 0.1) is 5.56 Å². The van der Waals surface area contributed by atoms with Gasteiger partial charge in [-0.05, 0) is 60.2 Å². The van der Waals surface area contributed by atoms with Gasteiger partial charge < -0.3 is 15.8 Å². The van der Waals surface area contributed by atoms with Crippen LogP contribution in [0.1, 0.15) is 38.7 Å². The number of rotatable bonds is 6. The summed E-state index contributed by atoms with van der Waals surface area (Å²) < 4.78 is 5.44. The van der Waals surface area contributed by atoms with Crippen molar-refractivity contribution in [3.63, 3.8) is 0 Å². The lowest BCUT2D eigenvalue weighted by atomic mass is 10.0. The minimum atomic E-state index is -0.829. The fourth-order valence-corrected chi connectivity index (χ4v) is 3.62. The predicted molar refractivity (Wildman–Crippen MR) is 129 cm³/mol.